The van der Waals surface area contributed by atoms with Gasteiger partial charge < -0.3 is 10.6 Å². The minimum Gasteiger partial charge on any atom is -0.338 e. The molecule has 0 aliphatic carbocycles. The van der Waals surface area contributed by atoms with Gasteiger partial charge >= 0.3 is 0 Å². The molecule has 13 heavy (non-hydrogen) atoms. The Balaban J connectivity index is 2.49. The lowest BCUT2D eigenvalue weighted by Crippen LogP contribution is -2.69. The van der Waals surface area contributed by atoms with Crippen LogP contribution in [0, 0.1) is 5.41 Å². The van der Waals surface area contributed by atoms with E-state index < -0.39 is 0 Å². The van der Waals surface area contributed by atoms with Crippen LogP contribution in [0.2, 0.25) is 0 Å². The largest absolute Gasteiger partial charge is 0.338 e. The van der Waals surface area contributed by atoms with E-state index in [9.17, 15) is 4.79 Å². The Morgan fingerprint density at radius 1 is 1.46 bits per heavy atom. The van der Waals surface area contributed by atoms with Crippen molar-refractivity contribution in [2.45, 2.75) is 39.7 Å². The topological polar surface area (TPSA) is 46.3 Å². The van der Waals surface area contributed by atoms with Crippen LogP contribution in [-0.2, 0) is 4.79 Å². The summed E-state index contributed by atoms with van der Waals surface area (Å²) in [5.74, 6) is 0.210. The molecular weight excluding hydrogens is 164 g/mol. The molecule has 1 amide bonds. The molecule has 0 aromatic rings. The predicted octanol–water partition coefficient (Wildman–Crippen LogP) is 0.982. The van der Waals surface area contributed by atoms with Crippen LogP contribution >= 0.6 is 0 Å². The van der Waals surface area contributed by atoms with Crippen molar-refractivity contribution in [1.82, 2.24) is 4.90 Å². The summed E-state index contributed by atoms with van der Waals surface area (Å²) in [6, 6.07) is 0. The van der Waals surface area contributed by atoms with Gasteiger partial charge in [0.05, 0.1) is 5.54 Å². The number of carbonyl (C=O) groups excluding carboxylic acids is 1. The zero-order chi connectivity index (χ0) is 10.3. The molecule has 0 radical (unpaired) electrons. The van der Waals surface area contributed by atoms with E-state index in [0.717, 1.165) is 19.5 Å². The highest BCUT2D eigenvalue weighted by Gasteiger charge is 2.43. The Morgan fingerprint density at radius 3 is 2.23 bits per heavy atom. The maximum Gasteiger partial charge on any atom is 0.228 e. The smallest absolute Gasteiger partial charge is 0.228 e. The fraction of sp³-hybridized carbons (Fsp3) is 0.900. The van der Waals surface area contributed by atoms with Gasteiger partial charge in [-0.3, -0.25) is 4.79 Å². The van der Waals surface area contributed by atoms with Crippen molar-refractivity contribution in [3.63, 3.8) is 0 Å². The molecule has 0 spiro atoms. The summed E-state index contributed by atoms with van der Waals surface area (Å²) in [7, 11) is 0. The zero-order valence-corrected chi connectivity index (χ0v) is 9.05. The molecule has 0 bridgehead atoms. The van der Waals surface area contributed by atoms with Gasteiger partial charge in [0.15, 0.2) is 0 Å². The highest BCUT2D eigenvalue weighted by molar-refractivity contribution is 5.82. The van der Waals surface area contributed by atoms with Gasteiger partial charge in [-0.05, 0) is 6.42 Å². The Labute approximate surface area is 80.3 Å². The van der Waals surface area contributed by atoms with Crippen molar-refractivity contribution >= 4 is 5.91 Å². The maximum atomic E-state index is 11.7. The van der Waals surface area contributed by atoms with Gasteiger partial charge in [-0.1, -0.05) is 27.7 Å². The first kappa shape index (κ1) is 10.5. The SMILES string of the molecule is CCC1(N)CN(C(=O)C(C)(C)C)C1. The Bertz CT molecular complexity index is 211. The van der Waals surface area contributed by atoms with E-state index >= 15 is 0 Å². The number of nitrogens with zero attached hydrogens (tertiary/aromatic N) is 1. The second-order valence-electron chi connectivity index (χ2n) is 5.13. The molecule has 1 aliphatic rings. The van der Waals surface area contributed by atoms with Crippen LogP contribution in [0.4, 0.5) is 0 Å². The molecule has 2 N–H and O–H groups in total. The van der Waals surface area contributed by atoms with Crippen molar-refractivity contribution in [1.29, 1.82) is 0 Å². The average molecular weight is 184 g/mol. The third-order valence-electron chi connectivity index (χ3n) is 2.64. The fourth-order valence-corrected chi connectivity index (χ4v) is 1.56. The van der Waals surface area contributed by atoms with E-state index in [-0.39, 0.29) is 16.9 Å². The number of hydrogen-bond acceptors (Lipinski definition) is 2. The zero-order valence-electron chi connectivity index (χ0n) is 9.05. The molecule has 0 aromatic heterocycles. The third kappa shape index (κ3) is 2.02. The van der Waals surface area contributed by atoms with Crippen LogP contribution in [0.1, 0.15) is 34.1 Å². The lowest BCUT2D eigenvalue weighted by atomic mass is 9.84. The van der Waals surface area contributed by atoms with Gasteiger partial charge in [0, 0.05) is 18.5 Å². The number of carbonyl (C=O) groups is 1. The summed E-state index contributed by atoms with van der Waals surface area (Å²) < 4.78 is 0. The summed E-state index contributed by atoms with van der Waals surface area (Å²) in [6.45, 7) is 9.34. The average Bonchev–Trinajstić information content (AvgIpc) is 1.95. The molecule has 3 heteroatoms. The highest BCUT2D eigenvalue weighted by atomic mass is 16.2. The molecule has 0 saturated carbocycles. The van der Waals surface area contributed by atoms with E-state index in [1.807, 2.05) is 25.7 Å². The molecule has 3 nitrogen and oxygen atoms in total. The summed E-state index contributed by atoms with van der Waals surface area (Å²) in [5, 5.41) is 0. The van der Waals surface area contributed by atoms with Gasteiger partial charge in [0.1, 0.15) is 0 Å². The van der Waals surface area contributed by atoms with Gasteiger partial charge in [-0.15, -0.1) is 0 Å². The molecular formula is C10H20N2O. The number of rotatable bonds is 1. The number of amides is 1. The van der Waals surface area contributed by atoms with E-state index in [0.29, 0.717) is 0 Å². The van der Waals surface area contributed by atoms with Crippen molar-refractivity contribution in [3.8, 4) is 0 Å². The van der Waals surface area contributed by atoms with Crippen LogP contribution < -0.4 is 5.73 Å². The number of likely N-dealkylation sites (tertiary alicyclic amines) is 1. The van der Waals surface area contributed by atoms with E-state index in [1.54, 1.807) is 0 Å². The van der Waals surface area contributed by atoms with Crippen molar-refractivity contribution in [2.75, 3.05) is 13.1 Å². The van der Waals surface area contributed by atoms with Gasteiger partial charge in [0.2, 0.25) is 5.91 Å². The molecule has 0 unspecified atom stereocenters. The maximum absolute atomic E-state index is 11.7. The van der Waals surface area contributed by atoms with Gasteiger partial charge in [-0.25, -0.2) is 0 Å². The third-order valence-corrected chi connectivity index (χ3v) is 2.64. The molecule has 1 aliphatic heterocycles. The fourth-order valence-electron chi connectivity index (χ4n) is 1.56. The van der Waals surface area contributed by atoms with Crippen LogP contribution in [0.5, 0.6) is 0 Å². The first-order valence-corrected chi connectivity index (χ1v) is 4.87. The van der Waals surface area contributed by atoms with Crippen molar-refractivity contribution in [3.05, 3.63) is 0 Å². The summed E-state index contributed by atoms with van der Waals surface area (Å²) in [5.41, 5.74) is 5.60. The lowest BCUT2D eigenvalue weighted by Gasteiger charge is -2.49. The predicted molar refractivity (Wildman–Crippen MR) is 53.2 cm³/mol. The Morgan fingerprint density at radius 2 is 1.92 bits per heavy atom. The molecule has 0 aromatic carbocycles. The number of hydrogen-bond donors (Lipinski definition) is 1. The first-order valence-electron chi connectivity index (χ1n) is 4.87. The highest BCUT2D eigenvalue weighted by Crippen LogP contribution is 2.27. The monoisotopic (exact) mass is 184 g/mol. The van der Waals surface area contributed by atoms with Gasteiger partial charge in [-0.2, -0.15) is 0 Å². The van der Waals surface area contributed by atoms with Crippen LogP contribution in [0.3, 0.4) is 0 Å². The minimum atomic E-state index is -0.269. The van der Waals surface area contributed by atoms with Crippen molar-refractivity contribution < 1.29 is 4.79 Å². The number of nitrogens with two attached hydrogens (primary N) is 1. The molecule has 1 rings (SSSR count). The van der Waals surface area contributed by atoms with Crippen molar-refractivity contribution in [2.24, 2.45) is 11.1 Å². The molecule has 1 saturated heterocycles. The molecule has 76 valence electrons. The van der Waals surface area contributed by atoms with Crippen LogP contribution in [0.25, 0.3) is 0 Å². The second-order valence-corrected chi connectivity index (χ2v) is 5.13. The quantitative estimate of drug-likeness (QED) is 0.660. The second kappa shape index (κ2) is 2.98. The van der Waals surface area contributed by atoms with Crippen LogP contribution in [0.15, 0.2) is 0 Å². The first-order chi connectivity index (χ1) is 5.78. The summed E-state index contributed by atoms with van der Waals surface area (Å²) >= 11 is 0. The van der Waals surface area contributed by atoms with Crippen LogP contribution in [-0.4, -0.2) is 29.4 Å². The molecule has 0 atom stereocenters. The summed E-state index contributed by atoms with van der Waals surface area (Å²) in [4.78, 5) is 13.6. The molecule has 1 heterocycles. The Kier molecular flexibility index (Phi) is 2.41. The molecule has 1 fully saturated rings. The Hall–Kier alpha value is -0.570. The van der Waals surface area contributed by atoms with E-state index in [2.05, 4.69) is 6.92 Å². The lowest BCUT2D eigenvalue weighted by molar-refractivity contribution is -0.147. The standard InChI is InChI=1S/C10H20N2O/c1-5-10(11)6-12(7-10)8(13)9(2,3)4/h5-7,11H2,1-4H3. The minimum absolute atomic E-state index is 0.110. The van der Waals surface area contributed by atoms with E-state index in [4.69, 9.17) is 5.73 Å². The van der Waals surface area contributed by atoms with E-state index in [1.165, 1.54) is 0 Å². The summed E-state index contributed by atoms with van der Waals surface area (Å²) in [6.07, 6.45) is 0.945. The normalized spacial score (nSPS) is 21.2. The van der Waals surface area contributed by atoms with Gasteiger partial charge in [0.25, 0.3) is 0 Å².